The van der Waals surface area contributed by atoms with Crippen LogP contribution >= 0.6 is 0 Å². The van der Waals surface area contributed by atoms with Crippen molar-refractivity contribution in [2.45, 2.75) is 19.9 Å². The molecule has 1 aromatic carbocycles. The van der Waals surface area contributed by atoms with Gasteiger partial charge in [-0.1, -0.05) is 26.0 Å². The van der Waals surface area contributed by atoms with Crippen LogP contribution in [-0.2, 0) is 4.79 Å². The number of hydrogen-bond donors (Lipinski definition) is 1. The Morgan fingerprint density at radius 2 is 1.83 bits per heavy atom. The summed E-state index contributed by atoms with van der Waals surface area (Å²) < 4.78 is 13.9. The molecule has 1 N–H and O–H groups in total. The zero-order valence-electron chi connectivity index (χ0n) is 14.0. The molecule has 1 unspecified atom stereocenters. The van der Waals surface area contributed by atoms with E-state index >= 15 is 0 Å². The molecule has 1 atom stereocenters. The van der Waals surface area contributed by atoms with Crippen LogP contribution in [0.2, 0.25) is 0 Å². The van der Waals surface area contributed by atoms with Gasteiger partial charge in [0.05, 0.1) is 12.4 Å². The lowest BCUT2D eigenvalue weighted by atomic mass is 10.1. The Bertz CT molecular complexity index is 629. The van der Waals surface area contributed by atoms with Gasteiger partial charge < -0.3 is 10.2 Å². The SMILES string of the molecule is CC(C)C1NC(=O)N(CN2CCN(c3ccccc3F)CC2)C1=O. The molecule has 130 valence electrons. The maximum atomic E-state index is 13.9. The van der Waals surface area contributed by atoms with Gasteiger partial charge in [0.25, 0.3) is 5.91 Å². The molecule has 0 bridgehead atoms. The summed E-state index contributed by atoms with van der Waals surface area (Å²) in [6.07, 6.45) is 0. The minimum absolute atomic E-state index is 0.0735. The fraction of sp³-hybridized carbons (Fsp3) is 0.529. The third-order valence-electron chi connectivity index (χ3n) is 4.63. The minimum atomic E-state index is -0.433. The number of urea groups is 1. The Labute approximate surface area is 141 Å². The lowest BCUT2D eigenvalue weighted by Gasteiger charge is -2.37. The van der Waals surface area contributed by atoms with Crippen LogP contribution in [0, 0.1) is 11.7 Å². The molecular formula is C17H23FN4O2. The number of nitrogens with one attached hydrogen (secondary N) is 1. The highest BCUT2D eigenvalue weighted by atomic mass is 19.1. The molecule has 0 aromatic heterocycles. The largest absolute Gasteiger partial charge is 0.367 e. The van der Waals surface area contributed by atoms with Gasteiger partial charge in [0, 0.05) is 26.2 Å². The van der Waals surface area contributed by atoms with Crippen molar-refractivity contribution in [3.8, 4) is 0 Å². The summed E-state index contributed by atoms with van der Waals surface area (Å²) in [6.45, 7) is 6.81. The van der Waals surface area contributed by atoms with Crippen LogP contribution in [0.4, 0.5) is 14.9 Å². The van der Waals surface area contributed by atoms with Crippen molar-refractivity contribution in [1.29, 1.82) is 0 Å². The lowest BCUT2D eigenvalue weighted by molar-refractivity contribution is -0.129. The first-order valence-corrected chi connectivity index (χ1v) is 8.31. The van der Waals surface area contributed by atoms with E-state index in [0.717, 1.165) is 0 Å². The number of carbonyl (C=O) groups is 2. The predicted molar refractivity (Wildman–Crippen MR) is 89.1 cm³/mol. The summed E-state index contributed by atoms with van der Waals surface area (Å²) in [5.41, 5.74) is 0.604. The van der Waals surface area contributed by atoms with Gasteiger partial charge in [0.2, 0.25) is 0 Å². The lowest BCUT2D eigenvalue weighted by Crippen LogP contribution is -2.51. The van der Waals surface area contributed by atoms with E-state index in [0.29, 0.717) is 38.5 Å². The molecule has 2 heterocycles. The van der Waals surface area contributed by atoms with E-state index in [-0.39, 0.29) is 23.7 Å². The molecule has 2 aliphatic heterocycles. The fourth-order valence-corrected chi connectivity index (χ4v) is 3.16. The topological polar surface area (TPSA) is 55.9 Å². The summed E-state index contributed by atoms with van der Waals surface area (Å²) in [7, 11) is 0. The quantitative estimate of drug-likeness (QED) is 0.848. The summed E-state index contributed by atoms with van der Waals surface area (Å²) in [6, 6.07) is 5.98. The third kappa shape index (κ3) is 3.21. The number of anilines is 1. The van der Waals surface area contributed by atoms with E-state index in [2.05, 4.69) is 10.2 Å². The van der Waals surface area contributed by atoms with Crippen molar-refractivity contribution in [1.82, 2.24) is 15.1 Å². The van der Waals surface area contributed by atoms with Crippen LogP contribution in [0.3, 0.4) is 0 Å². The number of nitrogens with zero attached hydrogens (tertiary/aromatic N) is 3. The first-order valence-electron chi connectivity index (χ1n) is 8.31. The second-order valence-corrected chi connectivity index (χ2v) is 6.64. The summed E-state index contributed by atoms with van der Waals surface area (Å²) in [4.78, 5) is 29.7. The van der Waals surface area contributed by atoms with Crippen LogP contribution in [0.25, 0.3) is 0 Å². The third-order valence-corrected chi connectivity index (χ3v) is 4.63. The Morgan fingerprint density at radius 1 is 1.17 bits per heavy atom. The first kappa shape index (κ1) is 16.7. The van der Waals surface area contributed by atoms with Crippen molar-refractivity contribution in [3.63, 3.8) is 0 Å². The number of halogens is 1. The van der Waals surface area contributed by atoms with Crippen molar-refractivity contribution < 1.29 is 14.0 Å². The van der Waals surface area contributed by atoms with E-state index in [1.54, 1.807) is 12.1 Å². The van der Waals surface area contributed by atoms with Crippen LogP contribution in [-0.4, -0.2) is 60.6 Å². The van der Waals surface area contributed by atoms with Crippen molar-refractivity contribution in [2.24, 2.45) is 5.92 Å². The number of rotatable bonds is 4. The number of benzene rings is 1. The molecule has 7 heteroatoms. The average Bonchev–Trinajstić information content (AvgIpc) is 2.84. The standard InChI is InChI=1S/C17H23FN4O2/c1-12(2)15-16(23)22(17(24)19-15)11-20-7-9-21(10-8-20)14-6-4-3-5-13(14)18/h3-6,12,15H,7-11H2,1-2H3,(H,19,24). The summed E-state index contributed by atoms with van der Waals surface area (Å²) in [5.74, 6) is -0.310. The Kier molecular flexibility index (Phi) is 4.71. The highest BCUT2D eigenvalue weighted by molar-refractivity contribution is 6.04. The maximum absolute atomic E-state index is 13.9. The second kappa shape index (κ2) is 6.76. The van der Waals surface area contributed by atoms with E-state index in [1.165, 1.54) is 11.0 Å². The molecule has 24 heavy (non-hydrogen) atoms. The smallest absolute Gasteiger partial charge is 0.325 e. The molecule has 3 rings (SSSR count). The number of amides is 3. The monoisotopic (exact) mass is 334 g/mol. The van der Waals surface area contributed by atoms with Gasteiger partial charge in [-0.25, -0.2) is 14.1 Å². The number of imide groups is 1. The zero-order chi connectivity index (χ0) is 17.3. The predicted octanol–water partition coefficient (Wildman–Crippen LogP) is 1.48. The first-order chi connectivity index (χ1) is 11.5. The van der Waals surface area contributed by atoms with Gasteiger partial charge in [-0.2, -0.15) is 0 Å². The highest BCUT2D eigenvalue weighted by Crippen LogP contribution is 2.21. The van der Waals surface area contributed by atoms with Crippen LogP contribution < -0.4 is 10.2 Å². The maximum Gasteiger partial charge on any atom is 0.325 e. The van der Waals surface area contributed by atoms with Gasteiger partial charge >= 0.3 is 6.03 Å². The van der Waals surface area contributed by atoms with Gasteiger partial charge in [-0.05, 0) is 18.1 Å². The van der Waals surface area contributed by atoms with E-state index in [4.69, 9.17) is 0 Å². The highest BCUT2D eigenvalue weighted by Gasteiger charge is 2.40. The molecule has 1 aromatic rings. The Morgan fingerprint density at radius 3 is 2.42 bits per heavy atom. The Balaban J connectivity index is 1.57. The van der Waals surface area contributed by atoms with Crippen molar-refractivity contribution in [2.75, 3.05) is 37.7 Å². The normalized spacial score (nSPS) is 22.4. The van der Waals surface area contributed by atoms with Crippen LogP contribution in [0.15, 0.2) is 24.3 Å². The number of carbonyl (C=O) groups excluding carboxylic acids is 2. The van der Waals surface area contributed by atoms with Crippen molar-refractivity contribution >= 4 is 17.6 Å². The van der Waals surface area contributed by atoms with Crippen molar-refractivity contribution in [3.05, 3.63) is 30.1 Å². The number of hydrogen-bond acceptors (Lipinski definition) is 4. The zero-order valence-corrected chi connectivity index (χ0v) is 14.0. The molecule has 0 spiro atoms. The molecule has 3 amide bonds. The molecule has 0 aliphatic carbocycles. The van der Waals surface area contributed by atoms with Crippen LogP contribution in [0.1, 0.15) is 13.8 Å². The summed E-state index contributed by atoms with van der Waals surface area (Å²) in [5, 5.41) is 2.74. The molecule has 2 fully saturated rings. The van der Waals surface area contributed by atoms with E-state index < -0.39 is 6.04 Å². The fourth-order valence-electron chi connectivity index (χ4n) is 3.16. The second-order valence-electron chi connectivity index (χ2n) is 6.64. The molecule has 2 saturated heterocycles. The minimum Gasteiger partial charge on any atom is -0.367 e. The average molecular weight is 334 g/mol. The van der Waals surface area contributed by atoms with Gasteiger partial charge in [0.15, 0.2) is 0 Å². The van der Waals surface area contributed by atoms with Crippen LogP contribution in [0.5, 0.6) is 0 Å². The van der Waals surface area contributed by atoms with E-state index in [9.17, 15) is 14.0 Å². The summed E-state index contributed by atoms with van der Waals surface area (Å²) >= 11 is 0. The number of para-hydroxylation sites is 1. The van der Waals surface area contributed by atoms with Gasteiger partial charge in [-0.3, -0.25) is 9.69 Å². The van der Waals surface area contributed by atoms with Gasteiger partial charge in [0.1, 0.15) is 11.9 Å². The molecule has 2 aliphatic rings. The molecular weight excluding hydrogens is 311 g/mol. The van der Waals surface area contributed by atoms with E-state index in [1.807, 2.05) is 24.8 Å². The molecule has 0 radical (unpaired) electrons. The number of piperazine rings is 1. The van der Waals surface area contributed by atoms with Gasteiger partial charge in [-0.15, -0.1) is 0 Å². The Hall–Kier alpha value is -2.15. The molecule has 0 saturated carbocycles. The molecule has 6 nitrogen and oxygen atoms in total.